The zero-order valence-electron chi connectivity index (χ0n) is 5.90. The number of nitrogens with one attached hydrogen (secondary N) is 1. The Balaban J connectivity index is 0.000000167. The van der Waals surface area contributed by atoms with Gasteiger partial charge in [0.05, 0.1) is 0 Å². The molecule has 2 aromatic heterocycles. The second-order valence-electron chi connectivity index (χ2n) is 1.56. The predicted octanol–water partition coefficient (Wildman–Crippen LogP) is 1.24. The van der Waals surface area contributed by atoms with Crippen LogP contribution in [0.4, 0.5) is 0 Å². The van der Waals surface area contributed by atoms with Crippen LogP contribution < -0.4 is 0 Å². The first-order valence-corrected chi connectivity index (χ1v) is 3.85. The molecule has 0 atom stereocenters. The fraction of sp³-hybridized carbons (Fsp3) is 0. The van der Waals surface area contributed by atoms with Gasteiger partial charge in [-0.15, -0.1) is 0 Å². The van der Waals surface area contributed by atoms with Crippen LogP contribution in [0.1, 0.15) is 0 Å². The van der Waals surface area contributed by atoms with Gasteiger partial charge in [-0.1, -0.05) is 12.1 Å². The number of hydrogen-bond acceptors (Lipinski definition) is 2. The summed E-state index contributed by atoms with van der Waals surface area (Å²) in [6, 6.07) is 5.87. The van der Waals surface area contributed by atoms with Crippen molar-refractivity contribution < 1.29 is 0 Å². The van der Waals surface area contributed by atoms with Crippen LogP contribution in [0.2, 0.25) is 0 Å². The molecule has 4 heteroatoms. The van der Waals surface area contributed by atoms with Crippen LogP contribution in [0.25, 0.3) is 0 Å². The fourth-order valence-corrected chi connectivity index (χ4v) is 0.896. The van der Waals surface area contributed by atoms with Crippen LogP contribution in [0, 0.1) is 0 Å². The quantitative estimate of drug-likeness (QED) is 0.681. The second-order valence-corrected chi connectivity index (χ2v) is 2.38. The molecule has 0 amide bonds. The molecule has 0 aliphatic heterocycles. The molecular weight excluding hydrogens is 223 g/mol. The molecule has 0 spiro atoms. The number of thiophene rings is 1. The van der Waals surface area contributed by atoms with Gasteiger partial charge in [-0.2, -0.15) is 16.4 Å². The van der Waals surface area contributed by atoms with Gasteiger partial charge in [0.15, 0.2) is 0 Å². The molecular formula is C7H10N2SSe. The predicted molar refractivity (Wildman–Crippen MR) is 51.5 cm³/mol. The number of rotatable bonds is 0. The van der Waals surface area contributed by atoms with E-state index in [0.717, 1.165) is 0 Å². The minimum Gasteiger partial charge on any atom is -0.286 e. The van der Waals surface area contributed by atoms with E-state index in [2.05, 4.69) is 10.2 Å². The van der Waals surface area contributed by atoms with Gasteiger partial charge >= 0.3 is 17.1 Å². The van der Waals surface area contributed by atoms with Crippen LogP contribution >= 0.6 is 11.3 Å². The first-order chi connectivity index (χ1) is 5.00. The number of nitrogens with zero attached hydrogens (tertiary/aromatic N) is 1. The molecule has 0 unspecified atom stereocenters. The maximum Gasteiger partial charge on any atom is 0.0487 e. The van der Waals surface area contributed by atoms with Gasteiger partial charge in [-0.25, -0.2) is 0 Å². The molecule has 0 saturated heterocycles. The summed E-state index contributed by atoms with van der Waals surface area (Å²) in [7, 11) is 0. The smallest absolute Gasteiger partial charge is 0.0487 e. The van der Waals surface area contributed by atoms with E-state index < -0.39 is 0 Å². The summed E-state index contributed by atoms with van der Waals surface area (Å²) in [5.41, 5.74) is 0. The van der Waals surface area contributed by atoms with E-state index in [1.54, 1.807) is 23.7 Å². The molecule has 2 aromatic rings. The number of H-pyrrole nitrogens is 1. The molecule has 0 bridgehead atoms. The Labute approximate surface area is 80.1 Å². The van der Waals surface area contributed by atoms with Crippen LogP contribution in [-0.2, 0) is 0 Å². The summed E-state index contributed by atoms with van der Waals surface area (Å²) >= 11 is 1.71. The zero-order valence-corrected chi connectivity index (χ0v) is 8.81. The van der Waals surface area contributed by atoms with Crippen molar-refractivity contribution in [2.75, 3.05) is 0 Å². The molecule has 11 heavy (non-hydrogen) atoms. The van der Waals surface area contributed by atoms with Crippen molar-refractivity contribution >= 4 is 28.4 Å². The van der Waals surface area contributed by atoms with E-state index in [1.807, 2.05) is 29.0 Å². The number of aromatic amines is 1. The number of hydrogen-bond donors (Lipinski definition) is 1. The van der Waals surface area contributed by atoms with Gasteiger partial charge in [0.25, 0.3) is 0 Å². The van der Waals surface area contributed by atoms with Crippen molar-refractivity contribution in [2.24, 2.45) is 0 Å². The van der Waals surface area contributed by atoms with Crippen molar-refractivity contribution in [1.29, 1.82) is 0 Å². The second kappa shape index (κ2) is 7.54. The number of aromatic nitrogens is 2. The minimum absolute atomic E-state index is 0. The average molecular weight is 233 g/mol. The topological polar surface area (TPSA) is 28.7 Å². The Kier molecular flexibility index (Phi) is 7.14. The van der Waals surface area contributed by atoms with E-state index in [0.29, 0.717) is 0 Å². The normalized spacial score (nSPS) is 7.27. The van der Waals surface area contributed by atoms with Crippen molar-refractivity contribution in [2.45, 2.75) is 0 Å². The van der Waals surface area contributed by atoms with Crippen molar-refractivity contribution in [3.63, 3.8) is 0 Å². The molecule has 60 valence electrons. The molecule has 2 rings (SSSR count). The summed E-state index contributed by atoms with van der Waals surface area (Å²) in [6.07, 6.45) is 3.46. The monoisotopic (exact) mass is 234 g/mol. The molecule has 0 aliphatic rings. The van der Waals surface area contributed by atoms with Gasteiger partial charge in [-0.05, 0) is 16.8 Å². The molecule has 2 nitrogen and oxygen atoms in total. The van der Waals surface area contributed by atoms with Gasteiger partial charge in [-0.3, -0.25) is 5.10 Å². The van der Waals surface area contributed by atoms with Crippen molar-refractivity contribution in [1.82, 2.24) is 10.2 Å². The Morgan fingerprint density at radius 2 is 1.82 bits per heavy atom. The average Bonchev–Trinajstić information content (AvgIpc) is 2.67. The Hall–Kier alpha value is -0.571. The third-order valence-electron chi connectivity index (χ3n) is 0.831. The maximum atomic E-state index is 3.60. The third-order valence-corrected chi connectivity index (χ3v) is 1.46. The Bertz CT molecular complexity index is 156. The van der Waals surface area contributed by atoms with Crippen molar-refractivity contribution in [3.8, 4) is 0 Å². The van der Waals surface area contributed by atoms with E-state index >= 15 is 0 Å². The minimum atomic E-state index is 0. The first-order valence-electron chi connectivity index (χ1n) is 2.91. The SMILES string of the molecule is [SeH2].c1ccsc1.c1cn[nH]c1. The molecule has 0 aliphatic carbocycles. The summed E-state index contributed by atoms with van der Waals surface area (Å²) in [5.74, 6) is 0. The molecule has 0 fully saturated rings. The van der Waals surface area contributed by atoms with Crippen LogP contribution in [0.3, 0.4) is 0 Å². The Morgan fingerprint density at radius 3 is 2.00 bits per heavy atom. The fourth-order valence-electron chi connectivity index (χ4n) is 0.442. The van der Waals surface area contributed by atoms with Crippen LogP contribution in [0.15, 0.2) is 41.4 Å². The first kappa shape index (κ1) is 10.4. The summed E-state index contributed by atoms with van der Waals surface area (Å²) in [4.78, 5) is 0. The largest absolute Gasteiger partial charge is 0.286 e. The zero-order chi connectivity index (χ0) is 7.07. The van der Waals surface area contributed by atoms with Crippen LogP contribution in [0.5, 0.6) is 0 Å². The standard InChI is InChI=1S/C4H4S.C3H4N2.H2Se/c2*1-2-4-5-3-1;/h1-4H;1-3H,(H,4,5);1H2. The molecule has 1 N–H and O–H groups in total. The van der Waals surface area contributed by atoms with Gasteiger partial charge < -0.3 is 0 Å². The van der Waals surface area contributed by atoms with E-state index in [-0.39, 0.29) is 17.1 Å². The third kappa shape index (κ3) is 5.85. The summed E-state index contributed by atoms with van der Waals surface area (Å²) < 4.78 is 0. The summed E-state index contributed by atoms with van der Waals surface area (Å²) in [5, 5.41) is 10.3. The molecule has 0 radical (unpaired) electrons. The van der Waals surface area contributed by atoms with Crippen LogP contribution in [-0.4, -0.2) is 27.3 Å². The van der Waals surface area contributed by atoms with Gasteiger partial charge in [0.1, 0.15) is 0 Å². The molecule has 0 saturated carbocycles. The summed E-state index contributed by atoms with van der Waals surface area (Å²) in [6.45, 7) is 0. The van der Waals surface area contributed by atoms with E-state index in [9.17, 15) is 0 Å². The van der Waals surface area contributed by atoms with Gasteiger partial charge in [0, 0.05) is 12.4 Å². The molecule has 0 aromatic carbocycles. The van der Waals surface area contributed by atoms with Gasteiger partial charge in [0.2, 0.25) is 0 Å². The van der Waals surface area contributed by atoms with E-state index in [4.69, 9.17) is 0 Å². The Morgan fingerprint density at radius 1 is 1.09 bits per heavy atom. The van der Waals surface area contributed by atoms with Crippen molar-refractivity contribution in [3.05, 3.63) is 41.4 Å². The maximum absolute atomic E-state index is 3.60. The molecule has 2 heterocycles. The van der Waals surface area contributed by atoms with E-state index in [1.165, 1.54) is 0 Å².